The van der Waals surface area contributed by atoms with Crippen LogP contribution >= 0.6 is 0 Å². The number of aliphatic hydroxyl groups excluding tert-OH is 1. The highest BCUT2D eigenvalue weighted by Crippen LogP contribution is 2.45. The molecule has 49 heavy (non-hydrogen) atoms. The first-order chi connectivity index (χ1) is 23.6. The fraction of sp³-hybridized carbons (Fsp3) is 0.182. The first-order valence-electron chi connectivity index (χ1n) is 16.9. The van der Waals surface area contributed by atoms with Crippen molar-refractivity contribution in [2.45, 2.75) is 53.1 Å². The van der Waals surface area contributed by atoms with Gasteiger partial charge in [0.05, 0.1) is 22.8 Å². The molecule has 3 aromatic heterocycles. The predicted octanol–water partition coefficient (Wildman–Crippen LogP) is 10.7. The van der Waals surface area contributed by atoms with Gasteiger partial charge in [0, 0.05) is 44.2 Å². The van der Waals surface area contributed by atoms with Crippen molar-refractivity contribution in [1.29, 1.82) is 0 Å². The van der Waals surface area contributed by atoms with Gasteiger partial charge in [0.2, 0.25) is 0 Å². The first kappa shape index (κ1) is 30.8. The van der Waals surface area contributed by atoms with E-state index in [1.54, 1.807) is 0 Å². The molecule has 1 atom stereocenters. The summed E-state index contributed by atoms with van der Waals surface area (Å²) in [4.78, 5) is 18.1. The van der Waals surface area contributed by atoms with E-state index in [0.29, 0.717) is 5.69 Å². The average Bonchev–Trinajstić information content (AvgIpc) is 3.88. The number of hydrogen-bond acceptors (Lipinski definition) is 3. The number of nitrogens with one attached hydrogen (secondary N) is 2. The van der Waals surface area contributed by atoms with Gasteiger partial charge in [-0.15, -0.1) is 0 Å². The Labute approximate surface area is 287 Å². The minimum Gasteiger partial charge on any atom is -0.386 e. The maximum atomic E-state index is 12.0. The molecular formula is C44H40N4O. The van der Waals surface area contributed by atoms with Crippen LogP contribution in [0.1, 0.15) is 65.0 Å². The molecule has 0 spiro atoms. The second-order valence-corrected chi connectivity index (χ2v) is 14.1. The number of fused-ring (bicyclic) bond motifs is 8. The van der Waals surface area contributed by atoms with Gasteiger partial charge in [-0.3, -0.25) is 4.98 Å². The summed E-state index contributed by atoms with van der Waals surface area (Å²) < 4.78 is 0. The Kier molecular flexibility index (Phi) is 7.27. The van der Waals surface area contributed by atoms with Gasteiger partial charge < -0.3 is 15.1 Å². The number of hydrogen-bond donors (Lipinski definition) is 3. The molecule has 3 aromatic carbocycles. The van der Waals surface area contributed by atoms with Crippen molar-refractivity contribution in [2.24, 2.45) is 0 Å². The van der Waals surface area contributed by atoms with E-state index in [2.05, 4.69) is 143 Å². The summed E-state index contributed by atoms with van der Waals surface area (Å²) in [5.74, 6) is 0. The maximum absolute atomic E-state index is 12.0. The van der Waals surface area contributed by atoms with Crippen LogP contribution in [0, 0.1) is 27.7 Å². The Morgan fingerprint density at radius 3 is 1.86 bits per heavy atom. The van der Waals surface area contributed by atoms with Crippen molar-refractivity contribution in [2.75, 3.05) is 0 Å². The lowest BCUT2D eigenvalue weighted by atomic mass is 9.83. The lowest BCUT2D eigenvalue weighted by Gasteiger charge is -2.23. The fourth-order valence-corrected chi connectivity index (χ4v) is 7.53. The molecule has 0 amide bonds. The molecule has 2 aliphatic rings. The third kappa shape index (κ3) is 5.22. The molecule has 6 aromatic rings. The second kappa shape index (κ2) is 11.6. The van der Waals surface area contributed by atoms with Crippen LogP contribution in [0.3, 0.4) is 0 Å². The second-order valence-electron chi connectivity index (χ2n) is 14.1. The van der Waals surface area contributed by atoms with Crippen LogP contribution in [0.25, 0.3) is 67.6 Å². The van der Waals surface area contributed by atoms with Crippen LogP contribution in [-0.2, 0) is 5.41 Å². The van der Waals surface area contributed by atoms with Crippen LogP contribution in [0.2, 0.25) is 0 Å². The predicted molar refractivity (Wildman–Crippen MR) is 203 cm³/mol. The zero-order valence-corrected chi connectivity index (χ0v) is 28.8. The molecule has 1 unspecified atom stereocenters. The molecular weight excluding hydrogens is 601 g/mol. The molecule has 0 saturated heterocycles. The van der Waals surface area contributed by atoms with Crippen LogP contribution < -0.4 is 0 Å². The van der Waals surface area contributed by atoms with Gasteiger partial charge in [-0.05, 0) is 98.0 Å². The van der Waals surface area contributed by atoms with E-state index in [-0.39, 0.29) is 0 Å². The lowest BCUT2D eigenvalue weighted by molar-refractivity contribution is 0.110. The monoisotopic (exact) mass is 640 g/mol. The van der Waals surface area contributed by atoms with Crippen LogP contribution in [-0.4, -0.2) is 25.0 Å². The van der Waals surface area contributed by atoms with Crippen molar-refractivity contribution in [1.82, 2.24) is 19.9 Å². The molecule has 5 heterocycles. The number of aliphatic hydroxyl groups is 1. The zero-order chi connectivity index (χ0) is 34.0. The number of benzene rings is 3. The molecule has 2 aliphatic heterocycles. The first-order valence-corrected chi connectivity index (χ1v) is 16.9. The number of H-pyrrole nitrogens is 2. The van der Waals surface area contributed by atoms with E-state index in [9.17, 15) is 5.11 Å². The lowest BCUT2D eigenvalue weighted by Crippen LogP contribution is -2.21. The van der Waals surface area contributed by atoms with Crippen molar-refractivity contribution in [3.8, 4) is 33.4 Å². The summed E-state index contributed by atoms with van der Waals surface area (Å²) in [6, 6.07) is 33.9. The average molecular weight is 641 g/mol. The van der Waals surface area contributed by atoms with Gasteiger partial charge in [0.25, 0.3) is 0 Å². The molecule has 0 fully saturated rings. The minimum absolute atomic E-state index is 0.622. The topological polar surface area (TPSA) is 77.6 Å². The summed E-state index contributed by atoms with van der Waals surface area (Å²) in [5.41, 5.74) is 17.4. The highest BCUT2D eigenvalue weighted by atomic mass is 16.3. The van der Waals surface area contributed by atoms with Gasteiger partial charge in [-0.2, -0.15) is 0 Å². The Morgan fingerprint density at radius 1 is 0.571 bits per heavy atom. The van der Waals surface area contributed by atoms with Gasteiger partial charge in [0.1, 0.15) is 6.10 Å². The van der Waals surface area contributed by atoms with E-state index in [4.69, 9.17) is 9.97 Å². The SMILES string of the molecule is Cc1ccc(-c2c3nc(c(-c4c(C)cc(C)cc4C)c4ccc([nH]4)c(-c4ccccc4)c4nc(cc5ccc2[nH]5)C(C)(C)C4O)C=C3)cc1. The number of rotatable bonds is 3. The van der Waals surface area contributed by atoms with E-state index < -0.39 is 11.5 Å². The molecule has 0 saturated carbocycles. The molecule has 0 radical (unpaired) electrons. The number of nitrogens with zero attached hydrogens (tertiary/aromatic N) is 2. The molecule has 0 aliphatic carbocycles. The molecule has 3 N–H and O–H groups in total. The highest BCUT2D eigenvalue weighted by Gasteiger charge is 2.40. The summed E-state index contributed by atoms with van der Waals surface area (Å²) in [6.07, 6.45) is 3.46. The largest absolute Gasteiger partial charge is 0.386 e. The highest BCUT2D eigenvalue weighted by molar-refractivity contribution is 5.97. The summed E-state index contributed by atoms with van der Waals surface area (Å²) in [6.45, 7) is 12.7. The quantitative estimate of drug-likeness (QED) is 0.180. The Hall–Kier alpha value is -5.52. The zero-order valence-electron chi connectivity index (χ0n) is 28.8. The number of aryl methyl sites for hydroxylation is 4. The van der Waals surface area contributed by atoms with Crippen molar-refractivity contribution < 1.29 is 5.11 Å². The normalized spacial score (nSPS) is 15.1. The summed E-state index contributed by atoms with van der Waals surface area (Å²) in [7, 11) is 0. The van der Waals surface area contributed by atoms with Gasteiger partial charge in [-0.1, -0.05) is 91.7 Å². The van der Waals surface area contributed by atoms with E-state index in [1.165, 1.54) is 22.3 Å². The summed E-state index contributed by atoms with van der Waals surface area (Å²) >= 11 is 0. The van der Waals surface area contributed by atoms with Crippen molar-refractivity contribution in [3.63, 3.8) is 0 Å². The van der Waals surface area contributed by atoms with Crippen LogP contribution in [0.5, 0.6) is 0 Å². The third-order valence-electron chi connectivity index (χ3n) is 10.1. The van der Waals surface area contributed by atoms with E-state index in [1.807, 2.05) is 18.2 Å². The Bertz CT molecular complexity index is 2440. The van der Waals surface area contributed by atoms with E-state index in [0.717, 1.165) is 72.5 Å². The molecule has 242 valence electrons. The molecule has 8 rings (SSSR count). The third-order valence-corrected chi connectivity index (χ3v) is 10.1. The smallest absolute Gasteiger partial charge is 0.107 e. The molecule has 5 heteroatoms. The molecule has 5 nitrogen and oxygen atoms in total. The number of aromatic nitrogens is 4. The number of aromatic amines is 2. The maximum Gasteiger partial charge on any atom is 0.107 e. The van der Waals surface area contributed by atoms with Crippen LogP contribution in [0.4, 0.5) is 0 Å². The minimum atomic E-state index is -0.815. The van der Waals surface area contributed by atoms with E-state index >= 15 is 0 Å². The fourth-order valence-electron chi connectivity index (χ4n) is 7.53. The van der Waals surface area contributed by atoms with Gasteiger partial charge in [-0.25, -0.2) is 4.98 Å². The Morgan fingerprint density at radius 2 is 1.16 bits per heavy atom. The molecule has 8 bridgehead atoms. The van der Waals surface area contributed by atoms with Crippen molar-refractivity contribution in [3.05, 3.63) is 142 Å². The van der Waals surface area contributed by atoms with Gasteiger partial charge >= 0.3 is 0 Å². The van der Waals surface area contributed by atoms with Crippen molar-refractivity contribution >= 4 is 34.2 Å². The van der Waals surface area contributed by atoms with Crippen LogP contribution in [0.15, 0.2) is 97.1 Å². The Balaban J connectivity index is 1.59. The standard InChI is InChI=1S/C44H40N4O/c1-25-12-14-30(15-13-25)39-32-17-16-31(45-32)24-37-44(5,6)43(49)42(48-37)40(29-10-8-7-9-11-29)34-19-21-36(47-34)41(35-20-18-33(39)46-35)38-27(3)22-26(2)23-28(38)4/h7-24,43,45,47,49H,1-6H3. The van der Waals surface area contributed by atoms with Gasteiger partial charge in [0.15, 0.2) is 0 Å². The summed E-state index contributed by atoms with van der Waals surface area (Å²) in [5, 5.41) is 12.0.